The number of likely N-dealkylation sites (N-methyl/N-ethyl adjacent to an activating group) is 2. The summed E-state index contributed by atoms with van der Waals surface area (Å²) in [6, 6.07) is 4.59. The number of hydrogen-bond donors (Lipinski definition) is 1. The SMILES string of the molecule is CN(Cc1cccs1)C(=O)CN(C)C1CCCNC1. The first-order valence-corrected chi connectivity index (χ1v) is 7.72. The standard InChI is InChI=1S/C14H23N3OS/c1-16(12-5-3-7-15-9-12)11-14(18)17(2)10-13-6-4-8-19-13/h4,6,8,12,15H,3,5,7,9-11H2,1-2H3. The first-order chi connectivity index (χ1) is 9.16. The second kappa shape index (κ2) is 7.03. The Kier molecular flexibility index (Phi) is 5.36. The Morgan fingerprint density at radius 3 is 3.00 bits per heavy atom. The number of rotatable bonds is 5. The molecule has 1 amide bonds. The van der Waals surface area contributed by atoms with E-state index in [9.17, 15) is 4.79 Å². The van der Waals surface area contributed by atoms with Gasteiger partial charge in [-0.15, -0.1) is 11.3 Å². The molecule has 1 N–H and O–H groups in total. The quantitative estimate of drug-likeness (QED) is 0.886. The molecule has 1 aliphatic rings. The van der Waals surface area contributed by atoms with Gasteiger partial charge in [-0.3, -0.25) is 9.69 Å². The van der Waals surface area contributed by atoms with E-state index in [1.807, 2.05) is 23.4 Å². The number of nitrogens with zero attached hydrogens (tertiary/aromatic N) is 2. The van der Waals surface area contributed by atoms with Crippen LogP contribution >= 0.6 is 11.3 Å². The minimum Gasteiger partial charge on any atom is -0.340 e. The van der Waals surface area contributed by atoms with Crippen molar-refractivity contribution in [1.29, 1.82) is 0 Å². The summed E-state index contributed by atoms with van der Waals surface area (Å²) >= 11 is 1.70. The molecule has 0 aliphatic carbocycles. The van der Waals surface area contributed by atoms with E-state index in [-0.39, 0.29) is 5.91 Å². The van der Waals surface area contributed by atoms with Gasteiger partial charge in [0.15, 0.2) is 0 Å². The van der Waals surface area contributed by atoms with Crippen LogP contribution in [0.15, 0.2) is 17.5 Å². The molecule has 1 atom stereocenters. The van der Waals surface area contributed by atoms with Gasteiger partial charge in [-0.05, 0) is 37.9 Å². The molecule has 19 heavy (non-hydrogen) atoms. The van der Waals surface area contributed by atoms with Crippen LogP contribution in [0.25, 0.3) is 0 Å². The summed E-state index contributed by atoms with van der Waals surface area (Å²) in [7, 11) is 3.93. The molecule has 0 radical (unpaired) electrons. The molecule has 1 fully saturated rings. The van der Waals surface area contributed by atoms with Gasteiger partial charge in [0.05, 0.1) is 13.1 Å². The third kappa shape index (κ3) is 4.30. The molecule has 0 bridgehead atoms. The molecule has 2 heterocycles. The van der Waals surface area contributed by atoms with Gasteiger partial charge in [-0.2, -0.15) is 0 Å². The molecule has 0 aromatic carbocycles. The van der Waals surface area contributed by atoms with Crippen LogP contribution in [0, 0.1) is 0 Å². The number of amides is 1. The topological polar surface area (TPSA) is 35.6 Å². The minimum absolute atomic E-state index is 0.196. The summed E-state index contributed by atoms with van der Waals surface area (Å²) in [5.41, 5.74) is 0. The molecule has 1 saturated heterocycles. The Labute approximate surface area is 119 Å². The summed E-state index contributed by atoms with van der Waals surface area (Å²) in [6.07, 6.45) is 2.39. The van der Waals surface area contributed by atoms with Gasteiger partial charge in [-0.1, -0.05) is 6.07 Å². The molecule has 2 rings (SSSR count). The highest BCUT2D eigenvalue weighted by molar-refractivity contribution is 7.09. The lowest BCUT2D eigenvalue weighted by atomic mass is 10.1. The van der Waals surface area contributed by atoms with Crippen LogP contribution < -0.4 is 5.32 Å². The zero-order valence-corrected chi connectivity index (χ0v) is 12.6. The molecule has 1 aromatic heterocycles. The van der Waals surface area contributed by atoms with E-state index >= 15 is 0 Å². The van der Waals surface area contributed by atoms with E-state index in [0.717, 1.165) is 13.1 Å². The smallest absolute Gasteiger partial charge is 0.236 e. The summed E-state index contributed by atoms with van der Waals surface area (Å²) in [6.45, 7) is 3.33. The average Bonchev–Trinajstić information content (AvgIpc) is 2.92. The number of hydrogen-bond acceptors (Lipinski definition) is 4. The summed E-state index contributed by atoms with van der Waals surface area (Å²) in [5, 5.41) is 5.44. The molecular weight excluding hydrogens is 258 g/mol. The Hall–Kier alpha value is -0.910. The molecule has 0 spiro atoms. The Morgan fingerprint density at radius 2 is 2.37 bits per heavy atom. The fourth-order valence-corrected chi connectivity index (χ4v) is 3.15. The van der Waals surface area contributed by atoms with Crippen LogP contribution in [-0.4, -0.2) is 55.5 Å². The monoisotopic (exact) mass is 281 g/mol. The van der Waals surface area contributed by atoms with Crippen LogP contribution in [0.3, 0.4) is 0 Å². The summed E-state index contributed by atoms with van der Waals surface area (Å²) in [4.78, 5) is 17.4. The van der Waals surface area contributed by atoms with E-state index in [0.29, 0.717) is 19.1 Å². The van der Waals surface area contributed by atoms with Crippen molar-refractivity contribution in [2.75, 3.05) is 33.7 Å². The van der Waals surface area contributed by atoms with Crippen molar-refractivity contribution in [1.82, 2.24) is 15.1 Å². The van der Waals surface area contributed by atoms with Gasteiger partial charge >= 0.3 is 0 Å². The second-order valence-electron chi connectivity index (χ2n) is 5.24. The Bertz CT molecular complexity index is 387. The lowest BCUT2D eigenvalue weighted by Gasteiger charge is -2.32. The zero-order chi connectivity index (χ0) is 13.7. The molecular formula is C14H23N3OS. The molecule has 1 aliphatic heterocycles. The predicted octanol–water partition coefficient (Wildman–Crippen LogP) is 1.39. The van der Waals surface area contributed by atoms with Crippen molar-refractivity contribution < 1.29 is 4.79 Å². The number of carbonyl (C=O) groups excluding carboxylic acids is 1. The van der Waals surface area contributed by atoms with Crippen LogP contribution in [0.4, 0.5) is 0 Å². The Balaban J connectivity index is 1.79. The summed E-state index contributed by atoms with van der Waals surface area (Å²) < 4.78 is 0. The fourth-order valence-electron chi connectivity index (χ4n) is 2.40. The maximum Gasteiger partial charge on any atom is 0.236 e. The fraction of sp³-hybridized carbons (Fsp3) is 0.643. The van der Waals surface area contributed by atoms with E-state index in [1.54, 1.807) is 11.3 Å². The van der Waals surface area contributed by atoms with Gasteiger partial charge in [0.1, 0.15) is 0 Å². The molecule has 4 nitrogen and oxygen atoms in total. The molecule has 1 unspecified atom stereocenters. The Morgan fingerprint density at radius 1 is 1.53 bits per heavy atom. The minimum atomic E-state index is 0.196. The van der Waals surface area contributed by atoms with Crippen LogP contribution in [0.5, 0.6) is 0 Å². The third-order valence-electron chi connectivity index (χ3n) is 3.68. The highest BCUT2D eigenvalue weighted by atomic mass is 32.1. The van der Waals surface area contributed by atoms with Crippen LogP contribution in [-0.2, 0) is 11.3 Å². The third-order valence-corrected chi connectivity index (χ3v) is 4.54. The largest absolute Gasteiger partial charge is 0.340 e. The van der Waals surface area contributed by atoms with E-state index in [4.69, 9.17) is 0 Å². The van der Waals surface area contributed by atoms with Gasteiger partial charge in [0.25, 0.3) is 0 Å². The second-order valence-corrected chi connectivity index (χ2v) is 6.28. The van der Waals surface area contributed by atoms with Gasteiger partial charge in [0.2, 0.25) is 5.91 Å². The van der Waals surface area contributed by atoms with Crippen LogP contribution in [0.1, 0.15) is 17.7 Å². The van der Waals surface area contributed by atoms with Crippen molar-refractivity contribution >= 4 is 17.2 Å². The first-order valence-electron chi connectivity index (χ1n) is 6.84. The van der Waals surface area contributed by atoms with Gasteiger partial charge in [-0.25, -0.2) is 0 Å². The van der Waals surface area contributed by atoms with Crippen molar-refractivity contribution in [2.45, 2.75) is 25.4 Å². The van der Waals surface area contributed by atoms with Crippen molar-refractivity contribution in [3.05, 3.63) is 22.4 Å². The van der Waals surface area contributed by atoms with Gasteiger partial charge < -0.3 is 10.2 Å². The lowest BCUT2D eigenvalue weighted by Crippen LogP contribution is -2.47. The summed E-state index contributed by atoms with van der Waals surface area (Å²) in [5.74, 6) is 0.196. The average molecular weight is 281 g/mol. The molecule has 106 valence electrons. The maximum absolute atomic E-state index is 12.2. The maximum atomic E-state index is 12.2. The number of nitrogens with one attached hydrogen (secondary N) is 1. The molecule has 0 saturated carbocycles. The highest BCUT2D eigenvalue weighted by Gasteiger charge is 2.21. The molecule has 1 aromatic rings. The molecule has 5 heteroatoms. The van der Waals surface area contributed by atoms with Crippen molar-refractivity contribution in [3.63, 3.8) is 0 Å². The predicted molar refractivity (Wildman–Crippen MR) is 79.3 cm³/mol. The number of piperidine rings is 1. The van der Waals surface area contributed by atoms with E-state index in [2.05, 4.69) is 23.3 Å². The number of carbonyl (C=O) groups is 1. The first kappa shape index (κ1) is 14.5. The normalized spacial score (nSPS) is 19.6. The van der Waals surface area contributed by atoms with Crippen molar-refractivity contribution in [3.8, 4) is 0 Å². The highest BCUT2D eigenvalue weighted by Crippen LogP contribution is 2.12. The van der Waals surface area contributed by atoms with Gasteiger partial charge in [0, 0.05) is 24.5 Å². The number of thiophene rings is 1. The van der Waals surface area contributed by atoms with Crippen LogP contribution in [0.2, 0.25) is 0 Å². The lowest BCUT2D eigenvalue weighted by molar-refractivity contribution is -0.131. The van der Waals surface area contributed by atoms with E-state index < -0.39 is 0 Å². The van der Waals surface area contributed by atoms with Crippen molar-refractivity contribution in [2.24, 2.45) is 0 Å². The van der Waals surface area contributed by atoms with E-state index in [1.165, 1.54) is 17.7 Å². The zero-order valence-electron chi connectivity index (χ0n) is 11.8.